The lowest BCUT2D eigenvalue weighted by Gasteiger charge is -2.22. The number of fused-ring (bicyclic) bond motifs is 1. The topological polar surface area (TPSA) is 64.3 Å². The van der Waals surface area contributed by atoms with Gasteiger partial charge in [0.1, 0.15) is 5.60 Å². The van der Waals surface area contributed by atoms with Crippen LogP contribution in [0.3, 0.4) is 0 Å². The molecule has 0 aromatic carbocycles. The van der Waals surface area contributed by atoms with Gasteiger partial charge in [-0.25, -0.2) is 4.79 Å². The molecule has 0 saturated heterocycles. The fourth-order valence-corrected chi connectivity index (χ4v) is 2.44. The lowest BCUT2D eigenvalue weighted by molar-refractivity contribution is 0.0500. The largest absolute Gasteiger partial charge is 0.444 e. The highest BCUT2D eigenvalue weighted by Crippen LogP contribution is 2.53. The monoisotopic (exact) mass is 212 g/mol. The fourth-order valence-electron chi connectivity index (χ4n) is 2.44. The van der Waals surface area contributed by atoms with Crippen LogP contribution in [0.25, 0.3) is 0 Å². The van der Waals surface area contributed by atoms with Gasteiger partial charge in [-0.2, -0.15) is 0 Å². The molecule has 0 spiro atoms. The smallest absolute Gasteiger partial charge is 0.407 e. The predicted molar refractivity (Wildman–Crippen MR) is 57.4 cm³/mol. The first-order chi connectivity index (χ1) is 6.80. The molecular weight excluding hydrogens is 192 g/mol. The standard InChI is InChI=1S/C11H20N2O2/c1-10(2,3)15-9(14)13-8-4-5-11(12)6-7(8)11/h7-8H,4-6,12H2,1-3H3,(H,13,14). The predicted octanol–water partition coefficient (Wildman–Crippen LogP) is 1.39. The first-order valence-corrected chi connectivity index (χ1v) is 5.59. The second-order valence-corrected chi connectivity index (χ2v) is 5.84. The summed E-state index contributed by atoms with van der Waals surface area (Å²) in [5.74, 6) is 0.477. The number of hydrogen-bond donors (Lipinski definition) is 2. The minimum absolute atomic E-state index is 0.0275. The maximum Gasteiger partial charge on any atom is 0.407 e. The number of rotatable bonds is 1. The van der Waals surface area contributed by atoms with E-state index in [0.717, 1.165) is 19.3 Å². The Morgan fingerprint density at radius 3 is 2.60 bits per heavy atom. The minimum atomic E-state index is -0.425. The molecule has 1 amide bonds. The Balaban J connectivity index is 1.81. The van der Waals surface area contributed by atoms with Crippen molar-refractivity contribution >= 4 is 6.09 Å². The summed E-state index contributed by atoms with van der Waals surface area (Å²) in [5, 5.41) is 2.91. The zero-order valence-electron chi connectivity index (χ0n) is 9.67. The molecule has 2 aliphatic carbocycles. The van der Waals surface area contributed by atoms with Gasteiger partial charge in [-0.3, -0.25) is 0 Å². The number of carbonyl (C=O) groups is 1. The average Bonchev–Trinajstić information content (AvgIpc) is 2.61. The van der Waals surface area contributed by atoms with Gasteiger partial charge in [-0.15, -0.1) is 0 Å². The summed E-state index contributed by atoms with van der Waals surface area (Å²) in [5.41, 5.74) is 5.66. The van der Waals surface area contributed by atoms with Gasteiger partial charge in [0.05, 0.1) is 0 Å². The van der Waals surface area contributed by atoms with Crippen LogP contribution in [0.2, 0.25) is 0 Å². The molecule has 4 nitrogen and oxygen atoms in total. The van der Waals surface area contributed by atoms with E-state index >= 15 is 0 Å². The average molecular weight is 212 g/mol. The van der Waals surface area contributed by atoms with Crippen LogP contribution >= 0.6 is 0 Å². The highest BCUT2D eigenvalue weighted by Gasteiger charge is 2.59. The van der Waals surface area contributed by atoms with E-state index in [2.05, 4.69) is 5.32 Å². The molecule has 86 valence electrons. The van der Waals surface area contributed by atoms with Crippen LogP contribution in [0.15, 0.2) is 0 Å². The first kappa shape index (κ1) is 10.7. The molecule has 0 aliphatic heterocycles. The van der Waals surface area contributed by atoms with Gasteiger partial charge < -0.3 is 15.8 Å². The van der Waals surface area contributed by atoms with E-state index < -0.39 is 5.60 Å². The third-order valence-electron chi connectivity index (χ3n) is 3.29. The molecule has 15 heavy (non-hydrogen) atoms. The van der Waals surface area contributed by atoms with Crippen LogP contribution in [-0.2, 0) is 4.74 Å². The van der Waals surface area contributed by atoms with Crippen molar-refractivity contribution in [1.82, 2.24) is 5.32 Å². The molecule has 0 heterocycles. The summed E-state index contributed by atoms with van der Waals surface area (Å²) in [6, 6.07) is 0.227. The second-order valence-electron chi connectivity index (χ2n) is 5.84. The quantitative estimate of drug-likeness (QED) is 0.690. The van der Waals surface area contributed by atoms with Gasteiger partial charge in [0.15, 0.2) is 0 Å². The summed E-state index contributed by atoms with van der Waals surface area (Å²) < 4.78 is 5.21. The molecule has 3 unspecified atom stereocenters. The summed E-state index contributed by atoms with van der Waals surface area (Å²) in [6.45, 7) is 5.60. The van der Waals surface area contributed by atoms with Gasteiger partial charge in [-0.1, -0.05) is 0 Å². The van der Waals surface area contributed by atoms with Crippen LogP contribution < -0.4 is 11.1 Å². The minimum Gasteiger partial charge on any atom is -0.444 e. The van der Waals surface area contributed by atoms with Crippen molar-refractivity contribution in [3.05, 3.63) is 0 Å². The Bertz CT molecular complexity index is 285. The molecule has 2 fully saturated rings. The maximum atomic E-state index is 11.5. The van der Waals surface area contributed by atoms with Crippen LogP contribution in [0.1, 0.15) is 40.0 Å². The van der Waals surface area contributed by atoms with Crippen molar-refractivity contribution in [1.29, 1.82) is 0 Å². The Labute approximate surface area is 90.5 Å². The molecule has 0 aromatic heterocycles. The number of hydrogen-bond acceptors (Lipinski definition) is 3. The lowest BCUT2D eigenvalue weighted by atomic mass is 10.2. The van der Waals surface area contributed by atoms with Crippen molar-refractivity contribution in [2.24, 2.45) is 11.7 Å². The Kier molecular flexibility index (Phi) is 2.23. The van der Waals surface area contributed by atoms with Gasteiger partial charge in [0.25, 0.3) is 0 Å². The maximum absolute atomic E-state index is 11.5. The van der Waals surface area contributed by atoms with Gasteiger partial charge >= 0.3 is 6.09 Å². The molecule has 3 atom stereocenters. The van der Waals surface area contributed by atoms with Crippen molar-refractivity contribution in [2.45, 2.75) is 57.2 Å². The zero-order valence-corrected chi connectivity index (χ0v) is 9.67. The SMILES string of the molecule is CC(C)(C)OC(=O)NC1CCC2(N)CC12. The van der Waals surface area contributed by atoms with E-state index in [1.807, 2.05) is 20.8 Å². The highest BCUT2D eigenvalue weighted by atomic mass is 16.6. The molecular formula is C11H20N2O2. The van der Waals surface area contributed by atoms with Crippen molar-refractivity contribution < 1.29 is 9.53 Å². The van der Waals surface area contributed by atoms with Crippen LogP contribution in [0.4, 0.5) is 4.79 Å². The molecule has 0 aromatic rings. The van der Waals surface area contributed by atoms with E-state index in [1.54, 1.807) is 0 Å². The number of alkyl carbamates (subject to hydrolysis) is 1. The van der Waals surface area contributed by atoms with Crippen LogP contribution in [0, 0.1) is 5.92 Å². The van der Waals surface area contributed by atoms with Gasteiger partial charge in [0.2, 0.25) is 0 Å². The Hall–Kier alpha value is -0.770. The van der Waals surface area contributed by atoms with Gasteiger partial charge in [-0.05, 0) is 46.0 Å². The van der Waals surface area contributed by atoms with Crippen LogP contribution in [0.5, 0.6) is 0 Å². The molecule has 0 radical (unpaired) electrons. The van der Waals surface area contributed by atoms with Gasteiger partial charge in [0, 0.05) is 11.6 Å². The summed E-state index contributed by atoms with van der Waals surface area (Å²) in [7, 11) is 0. The number of amides is 1. The van der Waals surface area contributed by atoms with E-state index in [4.69, 9.17) is 10.5 Å². The molecule has 2 aliphatic rings. The van der Waals surface area contributed by atoms with E-state index in [-0.39, 0.29) is 17.7 Å². The summed E-state index contributed by atoms with van der Waals surface area (Å²) in [4.78, 5) is 11.5. The molecule has 3 N–H and O–H groups in total. The summed E-state index contributed by atoms with van der Waals surface area (Å²) >= 11 is 0. The normalized spacial score (nSPS) is 38.4. The van der Waals surface area contributed by atoms with Crippen molar-refractivity contribution in [3.63, 3.8) is 0 Å². The number of nitrogens with two attached hydrogens (primary N) is 1. The molecule has 4 heteroatoms. The van der Waals surface area contributed by atoms with E-state index in [9.17, 15) is 4.79 Å². The summed E-state index contributed by atoms with van der Waals surface area (Å²) in [6.07, 6.45) is 2.75. The fraction of sp³-hybridized carbons (Fsp3) is 0.909. The Morgan fingerprint density at radius 1 is 1.53 bits per heavy atom. The molecule has 0 bridgehead atoms. The molecule has 2 saturated carbocycles. The van der Waals surface area contributed by atoms with Crippen molar-refractivity contribution in [3.8, 4) is 0 Å². The van der Waals surface area contributed by atoms with E-state index in [1.165, 1.54) is 0 Å². The Morgan fingerprint density at radius 2 is 2.20 bits per heavy atom. The van der Waals surface area contributed by atoms with E-state index in [0.29, 0.717) is 5.92 Å². The number of nitrogens with one attached hydrogen (secondary N) is 1. The van der Waals surface area contributed by atoms with Crippen molar-refractivity contribution in [2.75, 3.05) is 0 Å². The lowest BCUT2D eigenvalue weighted by Crippen LogP contribution is -2.39. The number of ether oxygens (including phenoxy) is 1. The second kappa shape index (κ2) is 3.11. The third-order valence-corrected chi connectivity index (χ3v) is 3.29. The zero-order chi connectivity index (χ0) is 11.3. The highest BCUT2D eigenvalue weighted by molar-refractivity contribution is 5.68. The van der Waals surface area contributed by atoms with Crippen LogP contribution in [-0.4, -0.2) is 23.3 Å². The first-order valence-electron chi connectivity index (χ1n) is 5.59. The third kappa shape index (κ3) is 2.25. The molecule has 2 rings (SSSR count). The number of carbonyl (C=O) groups excluding carboxylic acids is 1.